The lowest BCUT2D eigenvalue weighted by atomic mass is 10.0. The van der Waals surface area contributed by atoms with Crippen LogP contribution in [0.4, 0.5) is 8.78 Å². The van der Waals surface area contributed by atoms with Gasteiger partial charge in [-0.25, -0.2) is 0 Å². The molecule has 15 heavy (non-hydrogen) atoms. The van der Waals surface area contributed by atoms with Gasteiger partial charge in [-0.05, 0) is 24.1 Å². The molecule has 0 fully saturated rings. The van der Waals surface area contributed by atoms with Crippen molar-refractivity contribution in [3.8, 4) is 0 Å². The molecule has 0 aliphatic rings. The second-order valence-electron chi connectivity index (χ2n) is 3.04. The summed E-state index contributed by atoms with van der Waals surface area (Å²) in [7, 11) is 0. The molecule has 2 atom stereocenters. The lowest BCUT2D eigenvalue weighted by Crippen LogP contribution is -2.19. The van der Waals surface area contributed by atoms with Crippen molar-refractivity contribution in [3.05, 3.63) is 29.6 Å². The molecule has 0 aliphatic heterocycles. The predicted octanol–water partition coefficient (Wildman–Crippen LogP) is 1.54. The minimum atomic E-state index is -1.31. The Kier molecular flexibility index (Phi) is 4.56. The van der Waals surface area contributed by atoms with Gasteiger partial charge in [0.15, 0.2) is 0 Å². The van der Waals surface area contributed by atoms with Crippen molar-refractivity contribution >= 4 is 15.9 Å². The summed E-state index contributed by atoms with van der Waals surface area (Å²) in [6.45, 7) is 0. The first-order valence-corrected chi connectivity index (χ1v) is 5.42. The molecule has 6 heteroatoms. The lowest BCUT2D eigenvalue weighted by molar-refractivity contribution is 0.0169. The third-order valence-electron chi connectivity index (χ3n) is 1.90. The maximum absolute atomic E-state index is 12.7. The number of hydrogen-bond acceptors (Lipinski definition) is 3. The zero-order valence-electron chi connectivity index (χ0n) is 7.70. The highest BCUT2D eigenvalue weighted by Gasteiger charge is 2.19. The van der Waals surface area contributed by atoms with E-state index < -0.39 is 24.1 Å². The molecule has 0 aromatic carbocycles. The highest BCUT2D eigenvalue weighted by Crippen LogP contribution is 2.20. The fraction of sp³-hybridized carbons (Fsp3) is 0.444. The Hall–Kier alpha value is -0.590. The Morgan fingerprint density at radius 3 is 2.27 bits per heavy atom. The summed E-state index contributed by atoms with van der Waals surface area (Å²) in [5, 5.41) is 19.4. The molecule has 1 aromatic rings. The standard InChI is InChI=1S/C9H10BrF2NO2/c10-2-1-6(14)9(15)5-3-7(11)13-8(12)4-5/h3-4,6,9,14-15H,1-2H2. The molecule has 3 nitrogen and oxygen atoms in total. The van der Waals surface area contributed by atoms with Crippen molar-refractivity contribution in [1.29, 1.82) is 0 Å². The van der Waals surface area contributed by atoms with E-state index in [9.17, 15) is 19.0 Å². The van der Waals surface area contributed by atoms with Crippen molar-refractivity contribution in [2.75, 3.05) is 5.33 Å². The third-order valence-corrected chi connectivity index (χ3v) is 2.35. The second-order valence-corrected chi connectivity index (χ2v) is 3.83. The van der Waals surface area contributed by atoms with Gasteiger partial charge in [0.25, 0.3) is 0 Å². The summed E-state index contributed by atoms with van der Waals surface area (Å²) < 4.78 is 25.4. The van der Waals surface area contributed by atoms with Crippen molar-refractivity contribution < 1.29 is 19.0 Å². The Bertz CT molecular complexity index is 318. The van der Waals surface area contributed by atoms with Crippen molar-refractivity contribution in [1.82, 2.24) is 4.98 Å². The molecule has 0 amide bonds. The van der Waals surface area contributed by atoms with Crippen LogP contribution in [0.15, 0.2) is 12.1 Å². The number of aliphatic hydroxyl groups excluding tert-OH is 2. The molecule has 2 unspecified atom stereocenters. The topological polar surface area (TPSA) is 53.4 Å². The number of hydrogen-bond donors (Lipinski definition) is 2. The van der Waals surface area contributed by atoms with Gasteiger partial charge < -0.3 is 10.2 Å². The van der Waals surface area contributed by atoms with E-state index in [1.807, 2.05) is 0 Å². The van der Waals surface area contributed by atoms with Gasteiger partial charge in [0, 0.05) is 5.33 Å². The normalized spacial score (nSPS) is 15.0. The zero-order valence-corrected chi connectivity index (χ0v) is 9.29. The van der Waals surface area contributed by atoms with Crippen LogP contribution in [0.3, 0.4) is 0 Å². The van der Waals surface area contributed by atoms with Gasteiger partial charge >= 0.3 is 0 Å². The van der Waals surface area contributed by atoms with E-state index in [1.165, 1.54) is 0 Å². The monoisotopic (exact) mass is 281 g/mol. The highest BCUT2D eigenvalue weighted by molar-refractivity contribution is 9.09. The van der Waals surface area contributed by atoms with Crippen LogP contribution in [0.25, 0.3) is 0 Å². The van der Waals surface area contributed by atoms with Gasteiger partial charge in [-0.1, -0.05) is 15.9 Å². The van der Waals surface area contributed by atoms with Crippen LogP contribution >= 0.6 is 15.9 Å². The van der Waals surface area contributed by atoms with Gasteiger partial charge in [-0.3, -0.25) is 0 Å². The molecular weight excluding hydrogens is 272 g/mol. The van der Waals surface area contributed by atoms with Crippen LogP contribution in [0, 0.1) is 11.9 Å². The number of rotatable bonds is 4. The van der Waals surface area contributed by atoms with Crippen LogP contribution in [0.5, 0.6) is 0 Å². The van der Waals surface area contributed by atoms with Crippen molar-refractivity contribution in [2.45, 2.75) is 18.6 Å². The van der Waals surface area contributed by atoms with E-state index in [-0.39, 0.29) is 12.0 Å². The fourth-order valence-corrected chi connectivity index (χ4v) is 1.61. The molecule has 0 saturated heterocycles. The van der Waals surface area contributed by atoms with Crippen LogP contribution in [-0.4, -0.2) is 26.6 Å². The van der Waals surface area contributed by atoms with Crippen LogP contribution in [0.2, 0.25) is 0 Å². The largest absolute Gasteiger partial charge is 0.390 e. The SMILES string of the molecule is OC(CCBr)C(O)c1cc(F)nc(F)c1. The minimum Gasteiger partial charge on any atom is -0.390 e. The molecule has 0 aliphatic carbocycles. The Morgan fingerprint density at radius 1 is 1.27 bits per heavy atom. The molecule has 0 saturated carbocycles. The van der Waals surface area contributed by atoms with Gasteiger partial charge in [0.2, 0.25) is 11.9 Å². The van der Waals surface area contributed by atoms with E-state index in [0.29, 0.717) is 5.33 Å². The average molecular weight is 282 g/mol. The summed E-state index contributed by atoms with van der Waals surface area (Å²) in [6.07, 6.45) is -2.09. The summed E-state index contributed by atoms with van der Waals surface area (Å²) in [4.78, 5) is 2.89. The van der Waals surface area contributed by atoms with Gasteiger partial charge in [-0.2, -0.15) is 13.8 Å². The van der Waals surface area contributed by atoms with Crippen molar-refractivity contribution in [3.63, 3.8) is 0 Å². The van der Waals surface area contributed by atoms with Gasteiger partial charge in [0.1, 0.15) is 6.10 Å². The van der Waals surface area contributed by atoms with Crippen LogP contribution < -0.4 is 0 Å². The summed E-state index contributed by atoms with van der Waals surface area (Å²) in [5.74, 6) is -2.04. The number of aliphatic hydroxyl groups is 2. The molecule has 1 rings (SSSR count). The number of nitrogens with zero attached hydrogens (tertiary/aromatic N) is 1. The molecule has 84 valence electrons. The van der Waals surface area contributed by atoms with E-state index in [2.05, 4.69) is 20.9 Å². The number of aromatic nitrogens is 1. The van der Waals surface area contributed by atoms with E-state index in [0.717, 1.165) is 12.1 Å². The van der Waals surface area contributed by atoms with Gasteiger partial charge in [-0.15, -0.1) is 0 Å². The predicted molar refractivity (Wildman–Crippen MR) is 53.5 cm³/mol. The molecule has 0 spiro atoms. The summed E-state index contributed by atoms with van der Waals surface area (Å²) in [5.41, 5.74) is -0.0200. The number of alkyl halides is 1. The average Bonchev–Trinajstić information content (AvgIpc) is 2.15. The first-order valence-electron chi connectivity index (χ1n) is 4.29. The van der Waals surface area contributed by atoms with Crippen LogP contribution in [-0.2, 0) is 0 Å². The van der Waals surface area contributed by atoms with Crippen LogP contribution in [0.1, 0.15) is 18.1 Å². The second kappa shape index (κ2) is 5.48. The molecule has 1 heterocycles. The first-order chi connectivity index (χ1) is 7.04. The maximum atomic E-state index is 12.7. The fourth-order valence-electron chi connectivity index (χ4n) is 1.15. The maximum Gasteiger partial charge on any atom is 0.215 e. The Balaban J connectivity index is 2.85. The number of halogens is 3. The molecule has 1 aromatic heterocycles. The third kappa shape index (κ3) is 3.48. The molecular formula is C9H10BrF2NO2. The summed E-state index contributed by atoms with van der Waals surface area (Å²) in [6, 6.07) is 1.79. The van der Waals surface area contributed by atoms with E-state index >= 15 is 0 Å². The van der Waals surface area contributed by atoms with E-state index in [1.54, 1.807) is 0 Å². The minimum absolute atomic E-state index is 0.0200. The smallest absolute Gasteiger partial charge is 0.215 e. The Morgan fingerprint density at radius 2 is 1.80 bits per heavy atom. The van der Waals surface area contributed by atoms with Gasteiger partial charge in [0.05, 0.1) is 6.10 Å². The number of pyridine rings is 1. The molecule has 0 radical (unpaired) electrons. The lowest BCUT2D eigenvalue weighted by Gasteiger charge is -2.16. The zero-order chi connectivity index (χ0) is 11.4. The quantitative estimate of drug-likeness (QED) is 0.650. The Labute approximate surface area is 93.9 Å². The first kappa shape index (κ1) is 12.5. The summed E-state index contributed by atoms with van der Waals surface area (Å²) >= 11 is 3.09. The van der Waals surface area contributed by atoms with Crippen molar-refractivity contribution in [2.24, 2.45) is 0 Å². The van der Waals surface area contributed by atoms with E-state index in [4.69, 9.17) is 0 Å². The highest BCUT2D eigenvalue weighted by atomic mass is 79.9. The molecule has 2 N–H and O–H groups in total. The molecule has 0 bridgehead atoms.